The Morgan fingerprint density at radius 2 is 2.12 bits per heavy atom. The second kappa shape index (κ2) is 8.07. The first kappa shape index (κ1) is 16.9. The minimum Gasteiger partial charge on any atom is -0.388 e. The number of phosphoric acid groups is 1. The Balaban J connectivity index is 4.44. The van der Waals surface area contributed by atoms with Gasteiger partial charge in [-0.25, -0.2) is 4.57 Å². The van der Waals surface area contributed by atoms with E-state index in [9.17, 15) is 19.0 Å². The first-order chi connectivity index (χ1) is 7.82. The standard InChI is InChI=1S/C6H14O9P2/c1-13-17(11,12)15-6(2-3-7)5(8)4-14-16(9)10/h3,5-6,8,16H,2,4H2,1H3,(H,9,10)(H,11,12). The fraction of sp³-hybridized carbons (Fsp3) is 0.833. The van der Waals surface area contributed by atoms with Crippen molar-refractivity contribution in [1.29, 1.82) is 0 Å². The van der Waals surface area contributed by atoms with Crippen LogP contribution in [0.5, 0.6) is 0 Å². The molecule has 0 aliphatic heterocycles. The maximum Gasteiger partial charge on any atom is 0.472 e. The van der Waals surface area contributed by atoms with E-state index < -0.39 is 41.3 Å². The molecule has 0 fully saturated rings. The van der Waals surface area contributed by atoms with Crippen molar-refractivity contribution in [3.8, 4) is 0 Å². The van der Waals surface area contributed by atoms with Crippen LogP contribution in [-0.4, -0.2) is 47.1 Å². The smallest absolute Gasteiger partial charge is 0.388 e. The third kappa shape index (κ3) is 7.75. The van der Waals surface area contributed by atoms with Crippen LogP contribution in [0.3, 0.4) is 0 Å². The van der Waals surface area contributed by atoms with Crippen LogP contribution in [0.1, 0.15) is 6.42 Å². The van der Waals surface area contributed by atoms with Gasteiger partial charge in [-0.2, -0.15) is 0 Å². The number of rotatable bonds is 9. The molecule has 11 heteroatoms. The SMILES string of the molecule is COP(=O)(O)OC(CC=O)C(O)CO[PH](=O)O. The lowest BCUT2D eigenvalue weighted by atomic mass is 10.2. The number of aldehydes is 1. The molecule has 0 rings (SSSR count). The minimum atomic E-state index is -4.37. The first-order valence-corrected chi connectivity index (χ1v) is 7.12. The monoisotopic (exact) mass is 292 g/mol. The highest BCUT2D eigenvalue weighted by molar-refractivity contribution is 7.47. The quantitative estimate of drug-likeness (QED) is 0.377. The predicted molar refractivity (Wildman–Crippen MR) is 55.6 cm³/mol. The molecule has 0 aliphatic rings. The molecule has 4 atom stereocenters. The maximum absolute atomic E-state index is 11.0. The number of carbonyl (C=O) groups excluding carboxylic acids is 1. The molecule has 0 amide bonds. The van der Waals surface area contributed by atoms with Gasteiger partial charge in [-0.15, -0.1) is 0 Å². The van der Waals surface area contributed by atoms with E-state index in [1.165, 1.54) is 0 Å². The fourth-order valence-corrected chi connectivity index (χ4v) is 1.81. The van der Waals surface area contributed by atoms with Gasteiger partial charge in [0.2, 0.25) is 0 Å². The van der Waals surface area contributed by atoms with Crippen molar-refractivity contribution in [3.05, 3.63) is 0 Å². The van der Waals surface area contributed by atoms with Gasteiger partial charge in [0.05, 0.1) is 6.61 Å². The van der Waals surface area contributed by atoms with Crippen molar-refractivity contribution in [3.63, 3.8) is 0 Å². The van der Waals surface area contributed by atoms with Crippen LogP contribution < -0.4 is 0 Å². The predicted octanol–water partition coefficient (Wildman–Crippen LogP) is -0.533. The highest BCUT2D eigenvalue weighted by Gasteiger charge is 2.30. The van der Waals surface area contributed by atoms with Gasteiger partial charge in [0.1, 0.15) is 18.5 Å². The Kier molecular flexibility index (Phi) is 8.02. The molecule has 102 valence electrons. The summed E-state index contributed by atoms with van der Waals surface area (Å²) in [5, 5.41) is 9.42. The summed E-state index contributed by atoms with van der Waals surface area (Å²) in [6.07, 6.45) is -2.93. The highest BCUT2D eigenvalue weighted by atomic mass is 31.2. The maximum atomic E-state index is 11.0. The molecule has 9 nitrogen and oxygen atoms in total. The zero-order valence-corrected chi connectivity index (χ0v) is 10.8. The molecule has 0 aliphatic carbocycles. The number of aliphatic hydroxyl groups is 1. The normalized spacial score (nSPS) is 20.2. The summed E-state index contributed by atoms with van der Waals surface area (Å²) >= 11 is 0. The van der Waals surface area contributed by atoms with Crippen LogP contribution in [0, 0.1) is 0 Å². The summed E-state index contributed by atoms with van der Waals surface area (Å²) in [6, 6.07) is 0. The van der Waals surface area contributed by atoms with Gasteiger partial charge in [0.25, 0.3) is 0 Å². The molecule has 0 aromatic heterocycles. The molecule has 0 saturated carbocycles. The van der Waals surface area contributed by atoms with Gasteiger partial charge in [-0.3, -0.25) is 13.6 Å². The lowest BCUT2D eigenvalue weighted by Crippen LogP contribution is -2.32. The highest BCUT2D eigenvalue weighted by Crippen LogP contribution is 2.44. The summed E-state index contributed by atoms with van der Waals surface area (Å²) < 4.78 is 34.1. The van der Waals surface area contributed by atoms with Crippen molar-refractivity contribution in [1.82, 2.24) is 0 Å². The van der Waals surface area contributed by atoms with Crippen molar-refractivity contribution < 1.29 is 42.4 Å². The fourth-order valence-electron chi connectivity index (χ4n) is 0.843. The van der Waals surface area contributed by atoms with Gasteiger partial charge in [0, 0.05) is 13.5 Å². The molecule has 0 bridgehead atoms. The van der Waals surface area contributed by atoms with E-state index in [1.54, 1.807) is 0 Å². The molecule has 0 saturated heterocycles. The van der Waals surface area contributed by atoms with Crippen LogP contribution in [0.4, 0.5) is 0 Å². The lowest BCUT2D eigenvalue weighted by Gasteiger charge is -2.22. The minimum absolute atomic E-state index is 0.353. The molecule has 0 aromatic carbocycles. The summed E-state index contributed by atoms with van der Waals surface area (Å²) in [5.41, 5.74) is 0. The molecule has 17 heavy (non-hydrogen) atoms. The molecule has 4 unspecified atom stereocenters. The number of aliphatic hydroxyl groups excluding tert-OH is 1. The van der Waals surface area contributed by atoms with Crippen LogP contribution in [0.15, 0.2) is 0 Å². The zero-order valence-electron chi connectivity index (χ0n) is 8.88. The average molecular weight is 292 g/mol. The second-order valence-corrected chi connectivity index (χ2v) is 5.18. The number of hydrogen-bond acceptors (Lipinski definition) is 7. The summed E-state index contributed by atoms with van der Waals surface area (Å²) in [7, 11) is -6.70. The largest absolute Gasteiger partial charge is 0.472 e. The van der Waals surface area contributed by atoms with Crippen molar-refractivity contribution >= 4 is 22.4 Å². The van der Waals surface area contributed by atoms with Gasteiger partial charge in [-0.05, 0) is 0 Å². The van der Waals surface area contributed by atoms with E-state index in [-0.39, 0.29) is 0 Å². The van der Waals surface area contributed by atoms with Crippen molar-refractivity contribution in [2.24, 2.45) is 0 Å². The second-order valence-electron chi connectivity index (χ2n) is 2.84. The molecular weight excluding hydrogens is 278 g/mol. The van der Waals surface area contributed by atoms with Crippen molar-refractivity contribution in [2.45, 2.75) is 18.6 Å². The third-order valence-corrected chi connectivity index (χ3v) is 3.05. The first-order valence-electron chi connectivity index (χ1n) is 4.36. The summed E-state index contributed by atoms with van der Waals surface area (Å²) in [5.74, 6) is 0. The van der Waals surface area contributed by atoms with Gasteiger partial charge < -0.3 is 24.2 Å². The molecule has 0 radical (unpaired) electrons. The Hall–Kier alpha value is -0.110. The van der Waals surface area contributed by atoms with Gasteiger partial charge in [-0.1, -0.05) is 0 Å². The van der Waals surface area contributed by atoms with E-state index in [0.717, 1.165) is 7.11 Å². The molecule has 0 spiro atoms. The third-order valence-electron chi connectivity index (χ3n) is 1.63. The summed E-state index contributed by atoms with van der Waals surface area (Å²) in [6.45, 7) is -0.615. The topological polar surface area (TPSA) is 140 Å². The molecular formula is C6H14O9P2. The van der Waals surface area contributed by atoms with Crippen molar-refractivity contribution in [2.75, 3.05) is 13.7 Å². The zero-order chi connectivity index (χ0) is 13.5. The average Bonchev–Trinajstić information content (AvgIpc) is 2.25. The van der Waals surface area contributed by atoms with Crippen LogP contribution >= 0.6 is 16.1 Å². The number of phosphoric ester groups is 1. The van der Waals surface area contributed by atoms with E-state index in [4.69, 9.17) is 9.79 Å². The Morgan fingerprint density at radius 3 is 2.53 bits per heavy atom. The molecule has 3 N–H and O–H groups in total. The Bertz CT molecular complexity index is 306. The van der Waals surface area contributed by atoms with E-state index >= 15 is 0 Å². The van der Waals surface area contributed by atoms with Gasteiger partial charge in [0.15, 0.2) is 0 Å². The van der Waals surface area contributed by atoms with E-state index in [0.29, 0.717) is 6.29 Å². The number of carbonyl (C=O) groups is 1. The van der Waals surface area contributed by atoms with Crippen LogP contribution in [-0.2, 0) is 27.5 Å². The van der Waals surface area contributed by atoms with Crippen LogP contribution in [0.25, 0.3) is 0 Å². The van der Waals surface area contributed by atoms with Crippen LogP contribution in [0.2, 0.25) is 0 Å². The lowest BCUT2D eigenvalue weighted by molar-refractivity contribution is -0.111. The van der Waals surface area contributed by atoms with E-state index in [2.05, 4.69) is 13.6 Å². The molecule has 0 aromatic rings. The Labute approximate surface area is 97.9 Å². The Morgan fingerprint density at radius 1 is 1.53 bits per heavy atom. The summed E-state index contributed by atoms with van der Waals surface area (Å²) in [4.78, 5) is 27.6. The van der Waals surface area contributed by atoms with E-state index in [1.807, 2.05) is 0 Å². The molecule has 0 heterocycles. The van der Waals surface area contributed by atoms with Gasteiger partial charge >= 0.3 is 16.1 Å². The number of hydrogen-bond donors (Lipinski definition) is 3.